The van der Waals surface area contributed by atoms with Crippen molar-refractivity contribution in [2.45, 2.75) is 19.5 Å². The van der Waals surface area contributed by atoms with Crippen LogP contribution in [0.3, 0.4) is 0 Å². The van der Waals surface area contributed by atoms with Crippen LogP contribution >= 0.6 is 11.6 Å². The second-order valence-electron chi connectivity index (χ2n) is 7.49. The van der Waals surface area contributed by atoms with Crippen LogP contribution in [0.4, 0.5) is 0 Å². The number of aryl methyl sites for hydroxylation is 1. The number of likely N-dealkylation sites (tertiary alicyclic amines) is 1. The summed E-state index contributed by atoms with van der Waals surface area (Å²) in [4.78, 5) is 31.8. The fourth-order valence-electron chi connectivity index (χ4n) is 3.92. The van der Waals surface area contributed by atoms with Crippen LogP contribution in [-0.2, 0) is 16.1 Å². The van der Waals surface area contributed by atoms with E-state index in [-0.39, 0.29) is 22.9 Å². The number of rotatable bonds is 5. The minimum absolute atomic E-state index is 0.0226. The van der Waals surface area contributed by atoms with Gasteiger partial charge in [-0.15, -0.1) is 0 Å². The molecule has 162 valence electrons. The Bertz CT molecular complexity index is 1220. The van der Waals surface area contributed by atoms with Gasteiger partial charge in [0.05, 0.1) is 23.7 Å². The average molecular weight is 449 g/mol. The molecule has 2 heterocycles. The van der Waals surface area contributed by atoms with Crippen LogP contribution in [0.1, 0.15) is 28.3 Å². The zero-order valence-electron chi connectivity index (χ0n) is 17.6. The van der Waals surface area contributed by atoms with Crippen molar-refractivity contribution >= 4 is 29.1 Å². The molecule has 1 aromatic heterocycles. The van der Waals surface area contributed by atoms with Gasteiger partial charge in [-0.3, -0.25) is 14.6 Å². The summed E-state index contributed by atoms with van der Waals surface area (Å²) in [5.74, 6) is -1.26. The summed E-state index contributed by atoms with van der Waals surface area (Å²) in [7, 11) is 1.49. The Morgan fingerprint density at radius 2 is 1.94 bits per heavy atom. The topological polar surface area (TPSA) is 79.7 Å². The van der Waals surface area contributed by atoms with Crippen molar-refractivity contribution in [3.63, 3.8) is 0 Å². The number of aromatic nitrogens is 1. The molecule has 2 aromatic carbocycles. The van der Waals surface area contributed by atoms with Crippen molar-refractivity contribution < 1.29 is 19.4 Å². The fourth-order valence-corrected chi connectivity index (χ4v) is 4.18. The number of hydrogen-bond donors (Lipinski definition) is 1. The molecular formula is C25H21ClN2O4. The normalized spacial score (nSPS) is 17.6. The molecule has 1 aliphatic heterocycles. The van der Waals surface area contributed by atoms with Gasteiger partial charge in [0.2, 0.25) is 0 Å². The SMILES string of the molecule is COc1ccc(/C(O)=C2\C(=O)C(=O)N(Cc3cccnc3)C2c2ccccc2C)cc1Cl. The molecule has 1 unspecified atom stereocenters. The number of benzene rings is 2. The van der Waals surface area contributed by atoms with Crippen LogP contribution < -0.4 is 4.74 Å². The maximum Gasteiger partial charge on any atom is 0.295 e. The summed E-state index contributed by atoms with van der Waals surface area (Å²) in [6.07, 6.45) is 3.29. The van der Waals surface area contributed by atoms with Gasteiger partial charge in [-0.05, 0) is 47.9 Å². The summed E-state index contributed by atoms with van der Waals surface area (Å²) in [6.45, 7) is 2.08. The molecular weight excluding hydrogens is 428 g/mol. The first-order chi connectivity index (χ1) is 15.4. The Kier molecular flexibility index (Phi) is 5.97. The van der Waals surface area contributed by atoms with Crippen molar-refractivity contribution in [2.75, 3.05) is 7.11 Å². The second-order valence-corrected chi connectivity index (χ2v) is 7.90. The van der Waals surface area contributed by atoms with Crippen LogP contribution in [0.2, 0.25) is 5.02 Å². The van der Waals surface area contributed by atoms with Crippen molar-refractivity contribution in [2.24, 2.45) is 0 Å². The number of ether oxygens (including phenoxy) is 1. The number of nitrogens with zero attached hydrogens (tertiary/aromatic N) is 2. The largest absolute Gasteiger partial charge is 0.507 e. The molecule has 1 saturated heterocycles. The molecule has 32 heavy (non-hydrogen) atoms. The zero-order chi connectivity index (χ0) is 22.8. The van der Waals surface area contributed by atoms with Gasteiger partial charge in [-0.25, -0.2) is 0 Å². The number of methoxy groups -OCH3 is 1. The standard InChI is InChI=1S/C25H21ClN2O4/c1-15-6-3-4-8-18(15)22-21(23(29)17-9-10-20(32-2)19(26)12-17)24(30)25(31)28(22)14-16-7-5-11-27-13-16/h3-13,22,29H,14H2,1-2H3/b23-21+. The van der Waals surface area contributed by atoms with Gasteiger partial charge in [-0.2, -0.15) is 0 Å². The highest BCUT2D eigenvalue weighted by Crippen LogP contribution is 2.42. The molecule has 0 aliphatic carbocycles. The lowest BCUT2D eigenvalue weighted by molar-refractivity contribution is -0.140. The van der Waals surface area contributed by atoms with E-state index in [0.717, 1.165) is 16.7 Å². The third-order valence-corrected chi connectivity index (χ3v) is 5.82. The molecule has 0 bridgehead atoms. The van der Waals surface area contributed by atoms with Gasteiger partial charge in [0, 0.05) is 24.5 Å². The van der Waals surface area contributed by atoms with E-state index in [1.165, 1.54) is 18.1 Å². The summed E-state index contributed by atoms with van der Waals surface area (Å²) < 4.78 is 5.17. The summed E-state index contributed by atoms with van der Waals surface area (Å²) in [6, 6.07) is 15.1. The van der Waals surface area contributed by atoms with E-state index >= 15 is 0 Å². The van der Waals surface area contributed by atoms with E-state index in [1.54, 1.807) is 30.6 Å². The second kappa shape index (κ2) is 8.85. The van der Waals surface area contributed by atoms with Gasteiger partial charge in [0.1, 0.15) is 11.5 Å². The van der Waals surface area contributed by atoms with Crippen LogP contribution in [-0.4, -0.2) is 33.8 Å². The Balaban J connectivity index is 1.89. The van der Waals surface area contributed by atoms with Crippen molar-refractivity contribution in [3.8, 4) is 5.75 Å². The van der Waals surface area contributed by atoms with Gasteiger partial charge in [0.25, 0.3) is 11.7 Å². The number of halogens is 1. The van der Waals surface area contributed by atoms with Crippen LogP contribution in [0.5, 0.6) is 5.75 Å². The molecule has 1 atom stereocenters. The average Bonchev–Trinajstić information content (AvgIpc) is 3.04. The molecule has 1 N–H and O–H groups in total. The highest BCUT2D eigenvalue weighted by Gasteiger charge is 2.46. The van der Waals surface area contributed by atoms with E-state index in [9.17, 15) is 14.7 Å². The number of ketones is 1. The number of pyridine rings is 1. The maximum absolute atomic E-state index is 13.1. The molecule has 0 spiro atoms. The number of Topliss-reactive ketones (excluding diaryl/α,β-unsaturated/α-hetero) is 1. The highest BCUT2D eigenvalue weighted by molar-refractivity contribution is 6.46. The summed E-state index contributed by atoms with van der Waals surface area (Å²) in [5.41, 5.74) is 2.79. The molecule has 3 aromatic rings. The number of carbonyl (C=O) groups is 2. The Hall–Kier alpha value is -3.64. The van der Waals surface area contributed by atoms with Gasteiger partial charge in [0.15, 0.2) is 0 Å². The molecule has 1 fully saturated rings. The maximum atomic E-state index is 13.1. The molecule has 1 amide bonds. The third kappa shape index (κ3) is 3.85. The summed E-state index contributed by atoms with van der Waals surface area (Å²) in [5, 5.41) is 11.5. The first-order valence-electron chi connectivity index (χ1n) is 9.99. The Labute approximate surface area is 190 Å². The monoisotopic (exact) mass is 448 g/mol. The lowest BCUT2D eigenvalue weighted by atomic mass is 9.92. The fraction of sp³-hybridized carbons (Fsp3) is 0.160. The Morgan fingerprint density at radius 3 is 2.59 bits per heavy atom. The summed E-state index contributed by atoms with van der Waals surface area (Å²) >= 11 is 6.23. The Morgan fingerprint density at radius 1 is 1.16 bits per heavy atom. The predicted octanol–water partition coefficient (Wildman–Crippen LogP) is 4.67. The first kappa shape index (κ1) is 21.6. The minimum atomic E-state index is -0.753. The number of hydrogen-bond acceptors (Lipinski definition) is 5. The molecule has 7 heteroatoms. The van der Waals surface area contributed by atoms with Crippen LogP contribution in [0.25, 0.3) is 5.76 Å². The quantitative estimate of drug-likeness (QED) is 0.348. The number of amides is 1. The third-order valence-electron chi connectivity index (χ3n) is 5.52. The van der Waals surface area contributed by atoms with E-state index < -0.39 is 17.7 Å². The molecule has 1 aliphatic rings. The van der Waals surface area contributed by atoms with E-state index in [2.05, 4.69) is 4.98 Å². The van der Waals surface area contributed by atoms with Crippen LogP contribution in [0.15, 0.2) is 72.6 Å². The van der Waals surface area contributed by atoms with Gasteiger partial charge in [-0.1, -0.05) is 41.9 Å². The van der Waals surface area contributed by atoms with Gasteiger partial charge >= 0.3 is 0 Å². The molecule has 0 saturated carbocycles. The molecule has 4 rings (SSSR count). The van der Waals surface area contributed by atoms with E-state index in [0.29, 0.717) is 11.3 Å². The number of aliphatic hydroxyl groups excluding tert-OH is 1. The lowest BCUT2D eigenvalue weighted by Crippen LogP contribution is -2.29. The predicted molar refractivity (Wildman–Crippen MR) is 121 cm³/mol. The smallest absolute Gasteiger partial charge is 0.295 e. The zero-order valence-corrected chi connectivity index (χ0v) is 18.3. The minimum Gasteiger partial charge on any atom is -0.507 e. The van der Waals surface area contributed by atoms with Crippen molar-refractivity contribution in [1.82, 2.24) is 9.88 Å². The van der Waals surface area contributed by atoms with Crippen LogP contribution in [0, 0.1) is 6.92 Å². The van der Waals surface area contributed by atoms with E-state index in [1.807, 2.05) is 37.3 Å². The lowest BCUT2D eigenvalue weighted by Gasteiger charge is -2.26. The van der Waals surface area contributed by atoms with Crippen molar-refractivity contribution in [3.05, 3.63) is 99.8 Å². The highest BCUT2D eigenvalue weighted by atomic mass is 35.5. The van der Waals surface area contributed by atoms with Gasteiger partial charge < -0.3 is 14.7 Å². The molecule has 0 radical (unpaired) electrons. The first-order valence-corrected chi connectivity index (χ1v) is 10.4. The van der Waals surface area contributed by atoms with E-state index in [4.69, 9.17) is 16.3 Å². The molecule has 6 nitrogen and oxygen atoms in total. The number of aliphatic hydroxyl groups is 1. The van der Waals surface area contributed by atoms with Crippen molar-refractivity contribution in [1.29, 1.82) is 0 Å². The number of carbonyl (C=O) groups excluding carboxylic acids is 2.